The Kier molecular flexibility index (Phi) is 6.05. The van der Waals surface area contributed by atoms with Gasteiger partial charge in [-0.15, -0.1) is 0 Å². The highest BCUT2D eigenvalue weighted by molar-refractivity contribution is 9.10. The summed E-state index contributed by atoms with van der Waals surface area (Å²) in [6.45, 7) is 1.12. The van der Waals surface area contributed by atoms with Crippen LogP contribution in [0.1, 0.15) is 20.9 Å². The van der Waals surface area contributed by atoms with Crippen molar-refractivity contribution >= 4 is 39.1 Å². The van der Waals surface area contributed by atoms with Crippen LogP contribution in [-0.4, -0.2) is 35.3 Å². The van der Waals surface area contributed by atoms with Crippen molar-refractivity contribution in [3.05, 3.63) is 64.8 Å². The molecule has 0 saturated heterocycles. The molecule has 8 nitrogen and oxygen atoms in total. The number of benzene rings is 1. The molecule has 0 fully saturated rings. The molecule has 0 aliphatic heterocycles. The number of nitrogens with zero attached hydrogens (tertiary/aromatic N) is 2. The molecule has 0 spiro atoms. The SMILES string of the molecule is COCCn1cc(NC(=O)c2cccc(NC(=O)c3ccc(Br)o3)c2)cn1. The predicted molar refractivity (Wildman–Crippen MR) is 103 cm³/mol. The first-order chi connectivity index (χ1) is 13.0. The van der Waals surface area contributed by atoms with Gasteiger partial charge < -0.3 is 19.8 Å². The smallest absolute Gasteiger partial charge is 0.291 e. The number of hydrogen-bond acceptors (Lipinski definition) is 5. The van der Waals surface area contributed by atoms with Gasteiger partial charge in [0.25, 0.3) is 11.8 Å². The summed E-state index contributed by atoms with van der Waals surface area (Å²) in [6.07, 6.45) is 3.28. The molecule has 140 valence electrons. The fraction of sp³-hybridized carbons (Fsp3) is 0.167. The Morgan fingerprint density at radius 3 is 2.74 bits per heavy atom. The molecule has 0 saturated carbocycles. The molecule has 3 aromatic rings. The molecular weight excluding hydrogens is 416 g/mol. The molecule has 0 bridgehead atoms. The van der Waals surface area contributed by atoms with Crippen LogP contribution in [0.5, 0.6) is 0 Å². The second kappa shape index (κ2) is 8.65. The Balaban J connectivity index is 1.64. The van der Waals surface area contributed by atoms with E-state index < -0.39 is 5.91 Å². The van der Waals surface area contributed by atoms with E-state index in [0.717, 1.165) is 0 Å². The van der Waals surface area contributed by atoms with E-state index in [-0.39, 0.29) is 11.7 Å². The van der Waals surface area contributed by atoms with E-state index in [9.17, 15) is 9.59 Å². The summed E-state index contributed by atoms with van der Waals surface area (Å²) in [5, 5.41) is 9.61. The minimum Gasteiger partial charge on any atom is -0.444 e. The van der Waals surface area contributed by atoms with Crippen molar-refractivity contribution in [2.24, 2.45) is 0 Å². The largest absolute Gasteiger partial charge is 0.444 e. The van der Waals surface area contributed by atoms with E-state index in [1.54, 1.807) is 60.6 Å². The lowest BCUT2D eigenvalue weighted by atomic mass is 10.2. The number of halogens is 1. The molecule has 2 N–H and O–H groups in total. The van der Waals surface area contributed by atoms with Gasteiger partial charge in [0.1, 0.15) is 0 Å². The van der Waals surface area contributed by atoms with Gasteiger partial charge in [0.15, 0.2) is 10.4 Å². The standard InChI is InChI=1S/C18H17BrN4O4/c1-26-8-7-23-11-14(10-20-23)22-17(24)12-3-2-4-13(9-12)21-18(25)15-5-6-16(19)27-15/h2-6,9-11H,7-8H2,1H3,(H,21,25)(H,22,24). The van der Waals surface area contributed by atoms with Gasteiger partial charge in [-0.3, -0.25) is 14.3 Å². The Hall–Kier alpha value is -2.91. The Morgan fingerprint density at radius 1 is 1.19 bits per heavy atom. The zero-order valence-corrected chi connectivity index (χ0v) is 16.0. The van der Waals surface area contributed by atoms with E-state index in [0.29, 0.717) is 34.8 Å². The van der Waals surface area contributed by atoms with E-state index >= 15 is 0 Å². The lowest BCUT2D eigenvalue weighted by Gasteiger charge is -2.06. The summed E-state index contributed by atoms with van der Waals surface area (Å²) >= 11 is 3.15. The number of amides is 2. The highest BCUT2D eigenvalue weighted by Crippen LogP contribution is 2.17. The summed E-state index contributed by atoms with van der Waals surface area (Å²) in [7, 11) is 1.61. The van der Waals surface area contributed by atoms with Crippen LogP contribution in [0, 0.1) is 0 Å². The molecular formula is C18H17BrN4O4. The van der Waals surface area contributed by atoms with Crippen molar-refractivity contribution in [3.8, 4) is 0 Å². The molecule has 2 amide bonds. The predicted octanol–water partition coefficient (Wildman–Crippen LogP) is 3.39. The third-order valence-electron chi connectivity index (χ3n) is 3.60. The van der Waals surface area contributed by atoms with Crippen molar-refractivity contribution in [2.75, 3.05) is 24.4 Å². The number of ether oxygens (including phenoxy) is 1. The van der Waals surface area contributed by atoms with E-state index in [1.165, 1.54) is 0 Å². The average molecular weight is 433 g/mol. The average Bonchev–Trinajstić information content (AvgIpc) is 3.29. The summed E-state index contributed by atoms with van der Waals surface area (Å²) < 4.78 is 12.3. The molecule has 27 heavy (non-hydrogen) atoms. The molecule has 0 radical (unpaired) electrons. The molecule has 0 aliphatic carbocycles. The number of aromatic nitrogens is 2. The zero-order valence-electron chi connectivity index (χ0n) is 14.4. The Labute approximate surface area is 163 Å². The third kappa shape index (κ3) is 5.05. The summed E-state index contributed by atoms with van der Waals surface area (Å²) in [5.41, 5.74) is 1.46. The van der Waals surface area contributed by atoms with Gasteiger partial charge in [0.2, 0.25) is 0 Å². The van der Waals surface area contributed by atoms with Crippen LogP contribution in [-0.2, 0) is 11.3 Å². The molecule has 0 atom stereocenters. The third-order valence-corrected chi connectivity index (χ3v) is 4.02. The quantitative estimate of drug-likeness (QED) is 0.595. The Morgan fingerprint density at radius 2 is 2.00 bits per heavy atom. The minimum absolute atomic E-state index is 0.167. The van der Waals surface area contributed by atoms with Gasteiger partial charge in [-0.2, -0.15) is 5.10 Å². The first-order valence-electron chi connectivity index (χ1n) is 8.04. The number of anilines is 2. The topological polar surface area (TPSA) is 98.4 Å². The van der Waals surface area contributed by atoms with Crippen molar-refractivity contribution in [1.82, 2.24) is 9.78 Å². The van der Waals surface area contributed by atoms with Crippen molar-refractivity contribution in [3.63, 3.8) is 0 Å². The van der Waals surface area contributed by atoms with E-state index in [1.807, 2.05) is 0 Å². The van der Waals surface area contributed by atoms with Gasteiger partial charge in [-0.1, -0.05) is 6.07 Å². The van der Waals surface area contributed by atoms with Gasteiger partial charge in [0.05, 0.1) is 25.0 Å². The van der Waals surface area contributed by atoms with Crippen LogP contribution >= 0.6 is 15.9 Å². The molecule has 0 aliphatic rings. The van der Waals surface area contributed by atoms with Crippen LogP contribution in [0.4, 0.5) is 11.4 Å². The first kappa shape index (κ1) is 18.9. The van der Waals surface area contributed by atoms with Gasteiger partial charge in [0, 0.05) is 24.6 Å². The van der Waals surface area contributed by atoms with Crippen molar-refractivity contribution < 1.29 is 18.7 Å². The van der Waals surface area contributed by atoms with Crippen molar-refractivity contribution in [2.45, 2.75) is 6.54 Å². The van der Waals surface area contributed by atoms with Crippen LogP contribution in [0.3, 0.4) is 0 Å². The molecule has 0 unspecified atom stereocenters. The fourth-order valence-electron chi connectivity index (χ4n) is 2.31. The number of furan rings is 1. The zero-order chi connectivity index (χ0) is 19.2. The number of nitrogens with one attached hydrogen (secondary N) is 2. The molecule has 2 aromatic heterocycles. The number of carbonyl (C=O) groups excluding carboxylic acids is 2. The van der Waals surface area contributed by atoms with Crippen molar-refractivity contribution in [1.29, 1.82) is 0 Å². The second-order valence-corrected chi connectivity index (χ2v) is 6.36. The number of rotatable bonds is 7. The first-order valence-corrected chi connectivity index (χ1v) is 8.84. The minimum atomic E-state index is -0.405. The molecule has 9 heteroatoms. The van der Waals surface area contributed by atoms with Crippen LogP contribution in [0.25, 0.3) is 0 Å². The van der Waals surface area contributed by atoms with Gasteiger partial charge >= 0.3 is 0 Å². The molecule has 3 rings (SSSR count). The number of carbonyl (C=O) groups is 2. The summed E-state index contributed by atoms with van der Waals surface area (Å²) in [4.78, 5) is 24.6. The lowest BCUT2D eigenvalue weighted by molar-refractivity contribution is 0.0992. The lowest BCUT2D eigenvalue weighted by Crippen LogP contribution is -2.14. The molecule has 1 aromatic carbocycles. The maximum absolute atomic E-state index is 12.4. The van der Waals surface area contributed by atoms with Gasteiger partial charge in [-0.25, -0.2) is 0 Å². The molecule has 2 heterocycles. The number of methoxy groups -OCH3 is 1. The highest BCUT2D eigenvalue weighted by Gasteiger charge is 2.13. The Bertz CT molecular complexity index is 950. The van der Waals surface area contributed by atoms with Crippen LogP contribution in [0.2, 0.25) is 0 Å². The summed E-state index contributed by atoms with van der Waals surface area (Å²) in [5.74, 6) is -0.545. The maximum Gasteiger partial charge on any atom is 0.291 e. The van der Waals surface area contributed by atoms with Crippen LogP contribution in [0.15, 0.2) is 57.9 Å². The highest BCUT2D eigenvalue weighted by atomic mass is 79.9. The van der Waals surface area contributed by atoms with Gasteiger partial charge in [-0.05, 0) is 46.3 Å². The normalized spacial score (nSPS) is 10.6. The van der Waals surface area contributed by atoms with E-state index in [2.05, 4.69) is 31.7 Å². The summed E-state index contributed by atoms with van der Waals surface area (Å²) in [6, 6.07) is 9.80. The fourth-order valence-corrected chi connectivity index (χ4v) is 2.61. The second-order valence-electron chi connectivity index (χ2n) is 5.58. The van der Waals surface area contributed by atoms with Crippen LogP contribution < -0.4 is 10.6 Å². The van der Waals surface area contributed by atoms with E-state index in [4.69, 9.17) is 9.15 Å². The number of hydrogen-bond donors (Lipinski definition) is 2. The maximum atomic E-state index is 12.4. The monoisotopic (exact) mass is 432 g/mol.